The van der Waals surface area contributed by atoms with E-state index < -0.39 is 0 Å². The lowest BCUT2D eigenvalue weighted by Crippen LogP contribution is -2.22. The van der Waals surface area contributed by atoms with Crippen LogP contribution >= 0.6 is 15.9 Å². The Morgan fingerprint density at radius 3 is 2.81 bits per heavy atom. The maximum Gasteiger partial charge on any atom is 0.251 e. The second kappa shape index (κ2) is 6.06. The lowest BCUT2D eigenvalue weighted by molar-refractivity contribution is 0.0951. The van der Waals surface area contributed by atoms with Crippen LogP contribution < -0.4 is 5.32 Å². The van der Waals surface area contributed by atoms with E-state index in [0.29, 0.717) is 12.1 Å². The molecule has 21 heavy (non-hydrogen) atoms. The number of nitrogens with one attached hydrogen (secondary N) is 1. The van der Waals surface area contributed by atoms with Gasteiger partial charge in [0.1, 0.15) is 0 Å². The fourth-order valence-electron chi connectivity index (χ4n) is 2.14. The molecule has 1 N–H and O–H groups in total. The summed E-state index contributed by atoms with van der Waals surface area (Å²) in [6.07, 6.45) is 1.75. The second-order valence-electron chi connectivity index (χ2n) is 4.68. The molecule has 4 heteroatoms. The highest BCUT2D eigenvalue weighted by atomic mass is 79.9. The van der Waals surface area contributed by atoms with E-state index in [1.165, 1.54) is 0 Å². The van der Waals surface area contributed by atoms with Crippen molar-refractivity contribution in [2.24, 2.45) is 0 Å². The summed E-state index contributed by atoms with van der Waals surface area (Å²) in [5, 5.41) is 3.90. The number of fused-ring (bicyclic) bond motifs is 1. The predicted molar refractivity (Wildman–Crippen MR) is 87.1 cm³/mol. The molecule has 104 valence electrons. The Hall–Kier alpha value is -2.20. The van der Waals surface area contributed by atoms with E-state index in [1.54, 1.807) is 12.3 Å². The Balaban J connectivity index is 1.76. The molecule has 1 amide bonds. The van der Waals surface area contributed by atoms with Crippen molar-refractivity contribution in [1.82, 2.24) is 10.3 Å². The molecular formula is C17H13BrN2O. The summed E-state index contributed by atoms with van der Waals surface area (Å²) in [7, 11) is 0. The van der Waals surface area contributed by atoms with Gasteiger partial charge in [0.25, 0.3) is 5.91 Å². The van der Waals surface area contributed by atoms with Crippen LogP contribution in [0.15, 0.2) is 65.3 Å². The molecule has 0 aliphatic heterocycles. The van der Waals surface area contributed by atoms with E-state index >= 15 is 0 Å². The second-order valence-corrected chi connectivity index (χ2v) is 5.54. The van der Waals surface area contributed by atoms with Crippen LogP contribution in [0.1, 0.15) is 15.9 Å². The first-order valence-corrected chi connectivity index (χ1v) is 7.40. The predicted octanol–water partition coefficient (Wildman–Crippen LogP) is 3.93. The molecule has 3 nitrogen and oxygen atoms in total. The van der Waals surface area contributed by atoms with Crippen LogP contribution in [0.5, 0.6) is 0 Å². The Morgan fingerprint density at radius 1 is 1.10 bits per heavy atom. The van der Waals surface area contributed by atoms with Crippen molar-refractivity contribution in [3.8, 4) is 0 Å². The summed E-state index contributed by atoms with van der Waals surface area (Å²) in [6.45, 7) is 0.491. The largest absolute Gasteiger partial charge is 0.348 e. The van der Waals surface area contributed by atoms with Crippen LogP contribution in [-0.4, -0.2) is 10.9 Å². The van der Waals surface area contributed by atoms with E-state index in [9.17, 15) is 4.79 Å². The first-order chi connectivity index (χ1) is 10.2. The highest BCUT2D eigenvalue weighted by molar-refractivity contribution is 9.10. The number of carbonyl (C=O) groups is 1. The van der Waals surface area contributed by atoms with Gasteiger partial charge in [-0.3, -0.25) is 9.78 Å². The highest BCUT2D eigenvalue weighted by Crippen LogP contribution is 2.16. The Kier molecular flexibility index (Phi) is 3.97. The SMILES string of the molecule is O=C(NCc1ccccc1Br)c1ccc2ncccc2c1. The number of pyridine rings is 1. The van der Waals surface area contributed by atoms with Gasteiger partial charge in [-0.2, -0.15) is 0 Å². The molecule has 0 saturated heterocycles. The molecule has 0 fully saturated rings. The number of benzene rings is 2. The van der Waals surface area contributed by atoms with E-state index in [4.69, 9.17) is 0 Å². The van der Waals surface area contributed by atoms with Gasteiger partial charge < -0.3 is 5.32 Å². The molecule has 0 aliphatic rings. The summed E-state index contributed by atoms with van der Waals surface area (Å²) in [4.78, 5) is 16.5. The van der Waals surface area contributed by atoms with Crippen LogP contribution in [0.25, 0.3) is 10.9 Å². The third-order valence-corrected chi connectivity index (χ3v) is 4.04. The fraction of sp³-hybridized carbons (Fsp3) is 0.0588. The molecule has 0 radical (unpaired) electrons. The van der Waals surface area contributed by atoms with Crippen molar-refractivity contribution in [3.05, 3.63) is 76.4 Å². The topological polar surface area (TPSA) is 42.0 Å². The minimum Gasteiger partial charge on any atom is -0.348 e. The molecule has 0 atom stereocenters. The van der Waals surface area contributed by atoms with Gasteiger partial charge in [-0.1, -0.05) is 40.2 Å². The summed E-state index contributed by atoms with van der Waals surface area (Å²) in [6, 6.07) is 17.2. The first kappa shape index (κ1) is 13.8. The number of halogens is 1. The molecule has 0 aliphatic carbocycles. The number of hydrogen-bond acceptors (Lipinski definition) is 2. The zero-order chi connectivity index (χ0) is 14.7. The van der Waals surface area contributed by atoms with Crippen LogP contribution in [0, 0.1) is 0 Å². The minimum absolute atomic E-state index is 0.0866. The maximum atomic E-state index is 12.2. The molecule has 3 rings (SSSR count). The number of amides is 1. The lowest BCUT2D eigenvalue weighted by atomic mass is 10.1. The highest BCUT2D eigenvalue weighted by Gasteiger charge is 2.07. The van der Waals surface area contributed by atoms with E-state index in [1.807, 2.05) is 48.5 Å². The van der Waals surface area contributed by atoms with Gasteiger partial charge in [-0.25, -0.2) is 0 Å². The summed E-state index contributed by atoms with van der Waals surface area (Å²) in [5.41, 5.74) is 2.58. The smallest absolute Gasteiger partial charge is 0.251 e. The van der Waals surface area contributed by atoms with E-state index in [2.05, 4.69) is 26.2 Å². The third kappa shape index (κ3) is 3.11. The van der Waals surface area contributed by atoms with Crippen molar-refractivity contribution >= 4 is 32.7 Å². The summed E-state index contributed by atoms with van der Waals surface area (Å²) in [5.74, 6) is -0.0866. The molecule has 2 aromatic carbocycles. The quantitative estimate of drug-likeness (QED) is 0.784. The number of hydrogen-bond donors (Lipinski definition) is 1. The molecule has 1 aromatic heterocycles. The van der Waals surface area contributed by atoms with Gasteiger partial charge in [0.05, 0.1) is 5.52 Å². The molecule has 0 saturated carbocycles. The number of carbonyl (C=O) groups excluding carboxylic acids is 1. The van der Waals surface area contributed by atoms with Crippen LogP contribution in [-0.2, 0) is 6.54 Å². The molecular weight excluding hydrogens is 328 g/mol. The lowest BCUT2D eigenvalue weighted by Gasteiger charge is -2.07. The van der Waals surface area contributed by atoms with Crippen molar-refractivity contribution < 1.29 is 4.79 Å². The number of rotatable bonds is 3. The van der Waals surface area contributed by atoms with Crippen molar-refractivity contribution in [3.63, 3.8) is 0 Å². The Morgan fingerprint density at radius 2 is 1.95 bits per heavy atom. The molecule has 1 heterocycles. The van der Waals surface area contributed by atoms with Crippen LogP contribution in [0.2, 0.25) is 0 Å². The summed E-state index contributed by atoms with van der Waals surface area (Å²) >= 11 is 3.48. The third-order valence-electron chi connectivity index (χ3n) is 3.26. The Bertz CT molecular complexity index is 801. The molecule has 0 unspecified atom stereocenters. The zero-order valence-corrected chi connectivity index (χ0v) is 12.8. The van der Waals surface area contributed by atoms with Crippen molar-refractivity contribution in [1.29, 1.82) is 0 Å². The molecule has 3 aromatic rings. The van der Waals surface area contributed by atoms with Gasteiger partial charge >= 0.3 is 0 Å². The zero-order valence-electron chi connectivity index (χ0n) is 11.2. The van der Waals surface area contributed by atoms with Crippen LogP contribution in [0.4, 0.5) is 0 Å². The molecule has 0 spiro atoms. The van der Waals surface area contributed by atoms with E-state index in [0.717, 1.165) is 20.9 Å². The average molecular weight is 341 g/mol. The van der Waals surface area contributed by atoms with Gasteiger partial charge in [0.15, 0.2) is 0 Å². The summed E-state index contributed by atoms with van der Waals surface area (Å²) < 4.78 is 0.994. The van der Waals surface area contributed by atoms with Gasteiger partial charge in [-0.15, -0.1) is 0 Å². The number of nitrogens with zero attached hydrogens (tertiary/aromatic N) is 1. The van der Waals surface area contributed by atoms with E-state index in [-0.39, 0.29) is 5.91 Å². The van der Waals surface area contributed by atoms with Gasteiger partial charge in [-0.05, 0) is 35.9 Å². The maximum absolute atomic E-state index is 12.2. The Labute approximate surface area is 131 Å². The number of aromatic nitrogens is 1. The standard InChI is InChI=1S/C17H13BrN2O/c18-15-6-2-1-4-14(15)11-20-17(21)13-7-8-16-12(10-13)5-3-9-19-16/h1-10H,11H2,(H,20,21). The normalized spacial score (nSPS) is 10.5. The fourth-order valence-corrected chi connectivity index (χ4v) is 2.56. The monoisotopic (exact) mass is 340 g/mol. The van der Waals surface area contributed by atoms with Crippen molar-refractivity contribution in [2.45, 2.75) is 6.54 Å². The first-order valence-electron chi connectivity index (χ1n) is 6.60. The van der Waals surface area contributed by atoms with Crippen LogP contribution in [0.3, 0.4) is 0 Å². The van der Waals surface area contributed by atoms with Crippen molar-refractivity contribution in [2.75, 3.05) is 0 Å². The minimum atomic E-state index is -0.0866. The molecule has 0 bridgehead atoms. The van der Waals surface area contributed by atoms with Gasteiger partial charge in [0, 0.05) is 28.2 Å². The van der Waals surface area contributed by atoms with Gasteiger partial charge in [0.2, 0.25) is 0 Å². The average Bonchev–Trinajstić information content (AvgIpc) is 2.53.